The van der Waals surface area contributed by atoms with Gasteiger partial charge in [-0.15, -0.1) is 0 Å². The average molecular weight is 1040 g/mol. The highest BCUT2D eigenvalue weighted by Gasteiger charge is 2.40. The van der Waals surface area contributed by atoms with Gasteiger partial charge in [0.25, 0.3) is 11.5 Å². The zero-order valence-corrected chi connectivity index (χ0v) is 46.1. The summed E-state index contributed by atoms with van der Waals surface area (Å²) in [6.07, 6.45) is 6.38. The molecule has 2 aliphatic heterocycles. The summed E-state index contributed by atoms with van der Waals surface area (Å²) in [5, 5.41) is 0.826. The highest BCUT2D eigenvalue weighted by Crippen LogP contribution is 2.33. The molecule has 75 heavy (non-hydrogen) atoms. The number of imidazole rings is 1. The van der Waals surface area contributed by atoms with Crippen LogP contribution in [0.4, 0.5) is 0 Å². The molecule has 5 heterocycles. The molecule has 2 fully saturated rings. The predicted molar refractivity (Wildman–Crippen MR) is 299 cm³/mol. The third-order valence-electron chi connectivity index (χ3n) is 14.7. The van der Waals surface area contributed by atoms with E-state index in [2.05, 4.69) is 59.5 Å². The van der Waals surface area contributed by atoms with Crippen LogP contribution in [-0.4, -0.2) is 105 Å². The number of carbonyl (C=O) groups is 3. The molecule has 398 valence electrons. The fraction of sp³-hybridized carbons (Fsp3) is 0.443. The number of aryl methyl sites for hydroxylation is 4. The smallest absolute Gasteiger partial charge is 0.256 e. The minimum atomic E-state index is -0.612. The van der Waals surface area contributed by atoms with Gasteiger partial charge in [0.2, 0.25) is 0 Å². The highest BCUT2D eigenvalue weighted by atomic mass is 35.5. The van der Waals surface area contributed by atoms with Crippen molar-refractivity contribution < 1.29 is 23.9 Å². The Morgan fingerprint density at radius 3 is 2.15 bits per heavy atom. The molecule has 0 radical (unpaired) electrons. The first-order valence-electron chi connectivity index (χ1n) is 26.6. The van der Waals surface area contributed by atoms with Gasteiger partial charge in [0.15, 0.2) is 11.6 Å². The number of ketones is 2. The van der Waals surface area contributed by atoms with Crippen molar-refractivity contribution >= 4 is 45.7 Å². The second-order valence-electron chi connectivity index (χ2n) is 20.9. The quantitative estimate of drug-likeness (QED) is 0.0823. The normalized spacial score (nSPS) is 16.0. The van der Waals surface area contributed by atoms with Crippen molar-refractivity contribution in [1.82, 2.24) is 28.9 Å². The number of amides is 1. The molecule has 14 heteroatoms. The number of pyridine rings is 2. The number of ether oxygens (including phenoxy) is 2. The van der Waals surface area contributed by atoms with Crippen LogP contribution < -0.4 is 11.3 Å². The van der Waals surface area contributed by atoms with E-state index in [0.717, 1.165) is 84.4 Å². The number of fused-ring (bicyclic) bond motifs is 1. The number of hydrogen-bond donors (Lipinski definition) is 1. The third-order valence-corrected chi connectivity index (χ3v) is 15.0. The van der Waals surface area contributed by atoms with Crippen molar-refractivity contribution in [2.75, 3.05) is 46.1 Å². The lowest BCUT2D eigenvalue weighted by atomic mass is 9.83. The van der Waals surface area contributed by atoms with Crippen molar-refractivity contribution in [1.29, 1.82) is 0 Å². The number of allylic oxidation sites excluding steroid dienone is 2. The first-order chi connectivity index (χ1) is 35.9. The molecule has 2 N–H and O–H groups in total. The van der Waals surface area contributed by atoms with Crippen LogP contribution >= 0.6 is 11.6 Å². The van der Waals surface area contributed by atoms with Gasteiger partial charge in [-0.1, -0.05) is 93.9 Å². The van der Waals surface area contributed by atoms with Gasteiger partial charge in [-0.25, -0.2) is 4.98 Å². The number of Topliss-reactive ketones (excluding diaryl/α,β-unsaturated/α-hetero) is 2. The lowest BCUT2D eigenvalue weighted by Gasteiger charge is -2.40. The van der Waals surface area contributed by atoms with E-state index in [-0.39, 0.29) is 47.3 Å². The zero-order chi connectivity index (χ0) is 53.9. The van der Waals surface area contributed by atoms with Gasteiger partial charge in [0, 0.05) is 111 Å². The molecule has 0 spiro atoms. The minimum absolute atomic E-state index is 0.0172. The van der Waals surface area contributed by atoms with Gasteiger partial charge in [-0.3, -0.25) is 29.1 Å². The lowest BCUT2D eigenvalue weighted by molar-refractivity contribution is -0.129. The average Bonchev–Trinajstić information content (AvgIpc) is 3.75. The van der Waals surface area contributed by atoms with Gasteiger partial charge in [0.1, 0.15) is 5.82 Å². The van der Waals surface area contributed by atoms with Crippen LogP contribution in [0.5, 0.6) is 0 Å². The monoisotopic (exact) mass is 1040 g/mol. The van der Waals surface area contributed by atoms with E-state index in [1.807, 2.05) is 74.5 Å². The highest BCUT2D eigenvalue weighted by molar-refractivity contribution is 6.31. The molecule has 0 aliphatic carbocycles. The van der Waals surface area contributed by atoms with E-state index in [9.17, 15) is 19.2 Å². The number of rotatable bonds is 18. The lowest BCUT2D eigenvalue weighted by Crippen LogP contribution is -2.53. The Kier molecular flexibility index (Phi) is 19.6. The summed E-state index contributed by atoms with van der Waals surface area (Å²) < 4.78 is 15.0. The van der Waals surface area contributed by atoms with Crippen molar-refractivity contribution in [3.05, 3.63) is 169 Å². The summed E-state index contributed by atoms with van der Waals surface area (Å²) in [6.45, 7) is 21.1. The molecule has 8 rings (SSSR count). The molecule has 0 saturated carbocycles. The molecule has 3 aromatic carbocycles. The van der Waals surface area contributed by atoms with Crippen LogP contribution in [0.1, 0.15) is 123 Å². The summed E-state index contributed by atoms with van der Waals surface area (Å²) in [7, 11) is 1.65. The fourth-order valence-electron chi connectivity index (χ4n) is 10.6. The summed E-state index contributed by atoms with van der Waals surface area (Å²) in [4.78, 5) is 66.9. The summed E-state index contributed by atoms with van der Waals surface area (Å²) in [6, 6.07) is 29.6. The maximum absolute atomic E-state index is 14.4. The van der Waals surface area contributed by atoms with Gasteiger partial charge in [-0.2, -0.15) is 0 Å². The topological polar surface area (TPSA) is 155 Å². The van der Waals surface area contributed by atoms with E-state index in [4.69, 9.17) is 31.8 Å². The summed E-state index contributed by atoms with van der Waals surface area (Å²) in [5.41, 5.74) is 14.9. The second-order valence-corrected chi connectivity index (χ2v) is 21.3. The van der Waals surface area contributed by atoms with E-state index in [1.54, 1.807) is 51.2 Å². The molecule has 2 saturated heterocycles. The largest absolute Gasteiger partial charge is 0.402 e. The van der Waals surface area contributed by atoms with Crippen LogP contribution in [0.15, 0.2) is 114 Å². The number of hydrogen-bond acceptors (Lipinski definition) is 10. The van der Waals surface area contributed by atoms with E-state index < -0.39 is 6.04 Å². The Balaban J connectivity index is 0.000000219. The number of halogens is 1. The first-order valence-corrected chi connectivity index (χ1v) is 26.9. The standard InChI is InChI=1S/C31H37N3O4.C30H39ClN4O2/c1-21(2)29(35)28(24-13-16-38-17-14-24)34(31(37)25-18-22(3)30(36)33(4)19-25)20-26(23-10-6-5-7-11-23)27-12-8-9-15-32-27;1-19(2)25-9-6-23(16-26(25)31)7-11-29-33-27-17-24(30(21(4)32)22(5)36)8-10-28(27)35(29)18-20(3)34-12-14-37-15-13-34/h5-12,15,18-19,21,24,26,28H,13-14,16-17,20H2,1-4H3;6,8-10,16-17,19-20H,7,11-15,18,32H2,1-5H3/b;30-21+. The Morgan fingerprint density at radius 1 is 0.840 bits per heavy atom. The zero-order valence-electron chi connectivity index (χ0n) is 45.4. The Labute approximate surface area is 448 Å². The third kappa shape index (κ3) is 14.0. The molecular weight excluding hydrogens is 962 g/mol. The number of nitrogens with zero attached hydrogens (tertiary/aromatic N) is 6. The van der Waals surface area contributed by atoms with Crippen LogP contribution in [0.3, 0.4) is 0 Å². The fourth-order valence-corrected chi connectivity index (χ4v) is 11.0. The summed E-state index contributed by atoms with van der Waals surface area (Å²) >= 11 is 6.58. The van der Waals surface area contributed by atoms with Crippen molar-refractivity contribution in [3.63, 3.8) is 0 Å². The van der Waals surface area contributed by atoms with Crippen LogP contribution in [0, 0.1) is 18.8 Å². The molecule has 3 unspecified atom stereocenters. The number of nitrogens with two attached hydrogens (primary N) is 1. The molecule has 2 aliphatic rings. The number of aromatic nitrogens is 4. The van der Waals surface area contributed by atoms with Gasteiger partial charge in [-0.05, 0) is 117 Å². The molecule has 3 aromatic heterocycles. The molecule has 0 bridgehead atoms. The van der Waals surface area contributed by atoms with E-state index in [0.29, 0.717) is 60.4 Å². The Bertz CT molecular complexity index is 2940. The van der Waals surface area contributed by atoms with Crippen molar-refractivity contribution in [3.8, 4) is 0 Å². The molecular formula is C61H76ClN7O6. The van der Waals surface area contributed by atoms with Gasteiger partial charge < -0.3 is 29.2 Å². The van der Waals surface area contributed by atoms with Crippen molar-refractivity contribution in [2.24, 2.45) is 24.6 Å². The molecule has 3 atom stereocenters. The molecule has 1 amide bonds. The first kappa shape index (κ1) is 56.5. The SMILES string of the molecule is CC(=O)/C(=C(/C)N)c1ccc2c(c1)nc(CCc1ccc(C(C)C)c(Cl)c1)n2CC(C)N1CCOCC1.Cc1cc(C(=O)N(CC(c2ccccc2)c2ccccn2)C(C(=O)C(C)C)C2CCOCC2)cn(C)c1=O. The molecule has 13 nitrogen and oxygen atoms in total. The minimum Gasteiger partial charge on any atom is -0.402 e. The maximum Gasteiger partial charge on any atom is 0.256 e. The number of carbonyl (C=O) groups excluding carboxylic acids is 3. The Morgan fingerprint density at radius 2 is 1.53 bits per heavy atom. The molecule has 6 aromatic rings. The van der Waals surface area contributed by atoms with E-state index in [1.165, 1.54) is 15.7 Å². The van der Waals surface area contributed by atoms with Crippen LogP contribution in [-0.2, 0) is 45.5 Å². The van der Waals surface area contributed by atoms with Crippen LogP contribution in [0.25, 0.3) is 16.6 Å². The summed E-state index contributed by atoms with van der Waals surface area (Å²) in [5.74, 6) is 0.674. The van der Waals surface area contributed by atoms with Gasteiger partial charge >= 0.3 is 0 Å². The van der Waals surface area contributed by atoms with Crippen LogP contribution in [0.2, 0.25) is 5.02 Å². The number of benzene rings is 3. The van der Waals surface area contributed by atoms with Crippen molar-refractivity contribution in [2.45, 2.75) is 112 Å². The maximum atomic E-state index is 14.4. The second kappa shape index (κ2) is 26.0. The Hall–Kier alpha value is -6.25. The van der Waals surface area contributed by atoms with Gasteiger partial charge in [0.05, 0.1) is 35.9 Å². The van der Waals surface area contributed by atoms with E-state index >= 15 is 0 Å². The predicted octanol–water partition coefficient (Wildman–Crippen LogP) is 9.98. The number of morpholine rings is 1.